The van der Waals surface area contributed by atoms with Gasteiger partial charge in [0.2, 0.25) is 0 Å². The number of aromatic nitrogens is 1. The van der Waals surface area contributed by atoms with Gasteiger partial charge in [0.05, 0.1) is 28.4 Å². The number of nitrogens with zero attached hydrogens (tertiary/aromatic N) is 2. The topological polar surface area (TPSA) is 89.0 Å². The molecule has 7 nitrogen and oxygen atoms in total. The number of carbonyl (C=O) groups excluding carboxylic acids is 2. The van der Waals surface area contributed by atoms with Crippen LogP contribution >= 0.6 is 11.3 Å². The van der Waals surface area contributed by atoms with Gasteiger partial charge in [-0.3, -0.25) is 14.5 Å². The van der Waals surface area contributed by atoms with Crippen LogP contribution in [0.3, 0.4) is 0 Å². The third-order valence-electron chi connectivity index (χ3n) is 7.58. The Balaban J connectivity index is 1.51. The fourth-order valence-corrected chi connectivity index (χ4v) is 6.81. The molecule has 2 aliphatic heterocycles. The van der Waals surface area contributed by atoms with Crippen molar-refractivity contribution in [3.8, 4) is 11.5 Å². The number of carbonyl (C=O) groups is 2. The molecule has 0 radical (unpaired) electrons. The van der Waals surface area contributed by atoms with Crippen molar-refractivity contribution in [2.45, 2.75) is 59.1 Å². The van der Waals surface area contributed by atoms with Crippen LogP contribution in [0, 0.1) is 13.8 Å². The summed E-state index contributed by atoms with van der Waals surface area (Å²) in [5.74, 6) is -0.282. The first-order valence-corrected chi connectivity index (χ1v) is 14.8. The number of unbranched alkanes of at least 4 members (excludes halogenated alkanes) is 1. The van der Waals surface area contributed by atoms with Crippen LogP contribution in [0.4, 0.5) is 5.13 Å². The summed E-state index contributed by atoms with van der Waals surface area (Å²) in [4.78, 5) is 33.7. The van der Waals surface area contributed by atoms with Gasteiger partial charge >= 0.3 is 5.91 Å². The van der Waals surface area contributed by atoms with E-state index in [0.29, 0.717) is 35.0 Å². The van der Waals surface area contributed by atoms with Gasteiger partial charge in [-0.1, -0.05) is 42.9 Å². The van der Waals surface area contributed by atoms with Crippen LogP contribution in [-0.4, -0.2) is 34.5 Å². The van der Waals surface area contributed by atoms with Gasteiger partial charge in [-0.2, -0.15) is 0 Å². The summed E-state index contributed by atoms with van der Waals surface area (Å²) in [5, 5.41) is 12.1. The van der Waals surface area contributed by atoms with Gasteiger partial charge in [0, 0.05) is 12.0 Å². The Kier molecular flexibility index (Phi) is 7.03. The number of aliphatic hydroxyl groups excluding tert-OH is 1. The molecule has 1 amide bonds. The third-order valence-corrected chi connectivity index (χ3v) is 8.58. The lowest BCUT2D eigenvalue weighted by Gasteiger charge is -2.23. The number of aryl methyl sites for hydroxylation is 2. The summed E-state index contributed by atoms with van der Waals surface area (Å²) in [7, 11) is 0. The van der Waals surface area contributed by atoms with E-state index >= 15 is 0 Å². The fourth-order valence-electron chi connectivity index (χ4n) is 5.64. The minimum atomic E-state index is -0.880. The molecule has 2 aliphatic rings. The van der Waals surface area contributed by atoms with Crippen molar-refractivity contribution in [1.82, 2.24) is 4.98 Å². The standard InChI is InChI=1S/C33H32N2O5S/c1-5-6-12-39-24-9-7-8-21(17-24)29-27(30(36)22-10-11-25-23(16-22)15-20(4)40-25)31(37)32(38)35(29)33-34-28-19(3)13-18(2)14-26(28)41-33/h7-11,13-14,16-17,20,29,36H,5-6,12,15H2,1-4H3/b30-27+. The Morgan fingerprint density at radius 1 is 1.15 bits per heavy atom. The molecule has 1 fully saturated rings. The van der Waals surface area contributed by atoms with Gasteiger partial charge < -0.3 is 14.6 Å². The molecule has 1 N–H and O–H groups in total. The molecule has 1 aromatic heterocycles. The fraction of sp³-hybridized carbons (Fsp3) is 0.303. The summed E-state index contributed by atoms with van der Waals surface area (Å²) < 4.78 is 12.7. The van der Waals surface area contributed by atoms with E-state index in [2.05, 4.69) is 6.92 Å². The quantitative estimate of drug-likeness (QED) is 0.111. The molecule has 2 unspecified atom stereocenters. The first-order valence-electron chi connectivity index (χ1n) is 14.0. The minimum Gasteiger partial charge on any atom is -0.507 e. The maximum absolute atomic E-state index is 13.7. The molecule has 0 spiro atoms. The largest absolute Gasteiger partial charge is 0.507 e. The first kappa shape index (κ1) is 27.0. The molecule has 8 heteroatoms. The highest BCUT2D eigenvalue weighted by molar-refractivity contribution is 7.22. The van der Waals surface area contributed by atoms with Crippen LogP contribution in [0.15, 0.2) is 60.2 Å². The highest BCUT2D eigenvalue weighted by Gasteiger charge is 2.48. The number of ether oxygens (including phenoxy) is 2. The summed E-state index contributed by atoms with van der Waals surface area (Å²) >= 11 is 1.36. The lowest BCUT2D eigenvalue weighted by Crippen LogP contribution is -2.29. The van der Waals surface area contributed by atoms with E-state index in [1.54, 1.807) is 12.1 Å². The van der Waals surface area contributed by atoms with E-state index in [1.165, 1.54) is 16.2 Å². The van der Waals surface area contributed by atoms with Gasteiger partial charge in [-0.25, -0.2) is 4.98 Å². The van der Waals surface area contributed by atoms with Crippen molar-refractivity contribution >= 4 is 44.1 Å². The Bertz CT molecular complexity index is 1720. The number of aliphatic hydroxyl groups is 1. The Labute approximate surface area is 243 Å². The van der Waals surface area contributed by atoms with Gasteiger partial charge in [0.1, 0.15) is 23.4 Å². The first-order chi connectivity index (χ1) is 19.7. The maximum atomic E-state index is 13.7. The van der Waals surface area contributed by atoms with Crippen LogP contribution < -0.4 is 14.4 Å². The molecular formula is C33H32N2O5S. The molecule has 41 heavy (non-hydrogen) atoms. The molecule has 210 valence electrons. The van der Waals surface area contributed by atoms with Crippen LogP contribution in [0.5, 0.6) is 11.5 Å². The van der Waals surface area contributed by atoms with Gasteiger partial charge in [0.25, 0.3) is 5.78 Å². The monoisotopic (exact) mass is 568 g/mol. The smallest absolute Gasteiger partial charge is 0.301 e. The molecule has 3 heterocycles. The van der Waals surface area contributed by atoms with E-state index < -0.39 is 17.7 Å². The lowest BCUT2D eigenvalue weighted by atomic mass is 9.94. The number of rotatable bonds is 7. The zero-order valence-electron chi connectivity index (χ0n) is 23.6. The van der Waals surface area contributed by atoms with Crippen LogP contribution in [-0.2, 0) is 16.0 Å². The number of anilines is 1. The highest BCUT2D eigenvalue weighted by atomic mass is 32.1. The van der Waals surface area contributed by atoms with Gasteiger partial charge in [-0.05, 0) is 85.8 Å². The molecule has 1 saturated heterocycles. The van der Waals surface area contributed by atoms with Crippen molar-refractivity contribution in [1.29, 1.82) is 0 Å². The van der Waals surface area contributed by atoms with Crippen LogP contribution in [0.1, 0.15) is 60.5 Å². The SMILES string of the molecule is CCCCOc1cccc(C2/C(=C(\O)c3ccc4c(c3)CC(C)O4)C(=O)C(=O)N2c2nc3c(C)cc(C)cc3s2)c1. The van der Waals surface area contributed by atoms with Crippen molar-refractivity contribution < 1.29 is 24.2 Å². The van der Waals surface area contributed by atoms with E-state index in [9.17, 15) is 14.7 Å². The average molecular weight is 569 g/mol. The lowest BCUT2D eigenvalue weighted by molar-refractivity contribution is -0.132. The number of amides is 1. The van der Waals surface area contributed by atoms with E-state index in [0.717, 1.165) is 45.5 Å². The minimum absolute atomic E-state index is 0.0276. The van der Waals surface area contributed by atoms with Gasteiger partial charge in [-0.15, -0.1) is 0 Å². The van der Waals surface area contributed by atoms with Gasteiger partial charge in [0.15, 0.2) is 5.13 Å². The molecule has 0 aliphatic carbocycles. The molecule has 2 atom stereocenters. The predicted octanol–water partition coefficient (Wildman–Crippen LogP) is 7.04. The normalized spacial score (nSPS) is 19.6. The number of benzene rings is 3. The number of ketones is 1. The molecule has 6 rings (SSSR count). The zero-order valence-corrected chi connectivity index (χ0v) is 24.4. The number of Topliss-reactive ketones (excluding diaryl/α,β-unsaturated/α-hetero) is 1. The number of hydrogen-bond donors (Lipinski definition) is 1. The van der Waals surface area contributed by atoms with E-state index in [1.807, 2.05) is 63.2 Å². The van der Waals surface area contributed by atoms with Crippen molar-refractivity contribution in [2.75, 3.05) is 11.5 Å². The van der Waals surface area contributed by atoms with Crippen LogP contribution in [0.25, 0.3) is 16.0 Å². The molecule has 3 aromatic carbocycles. The number of fused-ring (bicyclic) bond motifs is 2. The molecule has 0 bridgehead atoms. The van der Waals surface area contributed by atoms with E-state index in [4.69, 9.17) is 14.5 Å². The predicted molar refractivity (Wildman–Crippen MR) is 161 cm³/mol. The van der Waals surface area contributed by atoms with Crippen molar-refractivity contribution in [3.05, 3.63) is 88.0 Å². The second-order valence-electron chi connectivity index (χ2n) is 10.8. The Morgan fingerprint density at radius 2 is 1.98 bits per heavy atom. The van der Waals surface area contributed by atoms with E-state index in [-0.39, 0.29) is 17.4 Å². The summed E-state index contributed by atoms with van der Waals surface area (Å²) in [6.07, 6.45) is 2.65. The molecule has 0 saturated carbocycles. The summed E-state index contributed by atoms with van der Waals surface area (Å²) in [5.41, 5.74) is 4.99. The summed E-state index contributed by atoms with van der Waals surface area (Å²) in [6, 6.07) is 16.0. The Hall–Kier alpha value is -4.17. The highest BCUT2D eigenvalue weighted by Crippen LogP contribution is 2.45. The van der Waals surface area contributed by atoms with Crippen molar-refractivity contribution in [2.24, 2.45) is 0 Å². The van der Waals surface area contributed by atoms with Crippen LogP contribution in [0.2, 0.25) is 0 Å². The second-order valence-corrected chi connectivity index (χ2v) is 11.8. The number of thiazole rings is 1. The molecular weight excluding hydrogens is 536 g/mol. The summed E-state index contributed by atoms with van der Waals surface area (Å²) in [6.45, 7) is 8.65. The molecule has 4 aromatic rings. The Morgan fingerprint density at radius 3 is 2.78 bits per heavy atom. The third kappa shape index (κ3) is 4.86. The number of hydrogen-bond acceptors (Lipinski definition) is 7. The maximum Gasteiger partial charge on any atom is 0.301 e. The van der Waals surface area contributed by atoms with Crippen molar-refractivity contribution in [3.63, 3.8) is 0 Å². The zero-order chi connectivity index (χ0) is 28.8. The second kappa shape index (κ2) is 10.7. The average Bonchev–Trinajstić information content (AvgIpc) is 3.61.